The molecule has 2 aromatic carbocycles. The monoisotopic (exact) mass is 267 g/mol. The van der Waals surface area contributed by atoms with Gasteiger partial charge in [-0.05, 0) is 36.5 Å². The van der Waals surface area contributed by atoms with Gasteiger partial charge in [0.15, 0.2) is 0 Å². The first-order chi connectivity index (χ1) is 9.54. The summed E-state index contributed by atoms with van der Waals surface area (Å²) < 4.78 is 0. The predicted molar refractivity (Wildman–Crippen MR) is 87.0 cm³/mol. The lowest BCUT2D eigenvalue weighted by Crippen LogP contribution is -2.12. The highest BCUT2D eigenvalue weighted by atomic mass is 14.8. The quantitative estimate of drug-likeness (QED) is 0.826. The Morgan fingerprint density at radius 1 is 0.800 bits per heavy atom. The standard InChI is InChI=1S/C19H25N/c1-14(2)19-7-5-17(6-8-19)12-20-13-18-10-15(3)9-16(4)11-18/h5-11,14,20H,12-13H2,1-4H3. The van der Waals surface area contributed by atoms with Crippen LogP contribution in [0.4, 0.5) is 0 Å². The zero-order valence-electron chi connectivity index (χ0n) is 13.0. The van der Waals surface area contributed by atoms with Crippen LogP contribution < -0.4 is 5.32 Å². The predicted octanol–water partition coefficient (Wildman–Crippen LogP) is 4.72. The van der Waals surface area contributed by atoms with Crippen LogP contribution in [0.1, 0.15) is 47.6 Å². The van der Waals surface area contributed by atoms with Gasteiger partial charge in [0.05, 0.1) is 0 Å². The number of hydrogen-bond acceptors (Lipinski definition) is 1. The van der Waals surface area contributed by atoms with Crippen LogP contribution in [-0.4, -0.2) is 0 Å². The minimum Gasteiger partial charge on any atom is -0.309 e. The van der Waals surface area contributed by atoms with Crippen LogP contribution in [0.3, 0.4) is 0 Å². The van der Waals surface area contributed by atoms with Crippen molar-refractivity contribution in [1.82, 2.24) is 5.32 Å². The zero-order valence-corrected chi connectivity index (χ0v) is 13.0. The Balaban J connectivity index is 1.89. The second-order valence-electron chi connectivity index (χ2n) is 6.00. The van der Waals surface area contributed by atoms with Crippen LogP contribution >= 0.6 is 0 Å². The first-order valence-electron chi connectivity index (χ1n) is 7.41. The summed E-state index contributed by atoms with van der Waals surface area (Å²) in [4.78, 5) is 0. The number of benzene rings is 2. The number of hydrogen-bond donors (Lipinski definition) is 1. The lowest BCUT2D eigenvalue weighted by molar-refractivity contribution is 0.692. The van der Waals surface area contributed by atoms with E-state index in [0.717, 1.165) is 13.1 Å². The minimum absolute atomic E-state index is 0.604. The maximum Gasteiger partial charge on any atom is 0.0208 e. The Labute approximate surface area is 123 Å². The van der Waals surface area contributed by atoms with Crippen LogP contribution in [0.15, 0.2) is 42.5 Å². The molecule has 0 aliphatic carbocycles. The van der Waals surface area contributed by atoms with Crippen LogP contribution in [0, 0.1) is 13.8 Å². The lowest BCUT2D eigenvalue weighted by atomic mass is 10.0. The maximum absolute atomic E-state index is 3.52. The Kier molecular flexibility index (Phi) is 4.97. The van der Waals surface area contributed by atoms with Crippen molar-refractivity contribution in [2.24, 2.45) is 0 Å². The van der Waals surface area contributed by atoms with Crippen molar-refractivity contribution >= 4 is 0 Å². The molecule has 2 rings (SSSR count). The molecule has 1 nitrogen and oxygen atoms in total. The number of nitrogens with one attached hydrogen (secondary N) is 1. The summed E-state index contributed by atoms with van der Waals surface area (Å²) in [5.74, 6) is 0.604. The van der Waals surface area contributed by atoms with Crippen molar-refractivity contribution in [2.45, 2.75) is 46.7 Å². The third kappa shape index (κ3) is 4.21. The van der Waals surface area contributed by atoms with Crippen molar-refractivity contribution in [3.05, 3.63) is 70.3 Å². The molecule has 0 atom stereocenters. The average Bonchev–Trinajstić information content (AvgIpc) is 2.38. The van der Waals surface area contributed by atoms with Crippen LogP contribution in [0.5, 0.6) is 0 Å². The fourth-order valence-electron chi connectivity index (χ4n) is 2.54. The molecule has 20 heavy (non-hydrogen) atoms. The van der Waals surface area contributed by atoms with E-state index < -0.39 is 0 Å². The summed E-state index contributed by atoms with van der Waals surface area (Å²) in [5.41, 5.74) is 6.79. The molecule has 2 aromatic rings. The van der Waals surface area contributed by atoms with Gasteiger partial charge < -0.3 is 5.32 Å². The Morgan fingerprint density at radius 3 is 1.90 bits per heavy atom. The highest BCUT2D eigenvalue weighted by molar-refractivity contribution is 5.29. The fourth-order valence-corrected chi connectivity index (χ4v) is 2.54. The summed E-state index contributed by atoms with van der Waals surface area (Å²) in [6, 6.07) is 15.6. The zero-order chi connectivity index (χ0) is 14.5. The summed E-state index contributed by atoms with van der Waals surface area (Å²) >= 11 is 0. The van der Waals surface area contributed by atoms with Gasteiger partial charge in [0.2, 0.25) is 0 Å². The fraction of sp³-hybridized carbons (Fsp3) is 0.368. The van der Waals surface area contributed by atoms with Gasteiger partial charge in [-0.15, -0.1) is 0 Å². The van der Waals surface area contributed by atoms with Crippen LogP contribution in [-0.2, 0) is 13.1 Å². The molecule has 1 N–H and O–H groups in total. The molecule has 0 radical (unpaired) electrons. The van der Waals surface area contributed by atoms with E-state index in [2.05, 4.69) is 75.5 Å². The summed E-state index contributed by atoms with van der Waals surface area (Å²) in [6.07, 6.45) is 0. The summed E-state index contributed by atoms with van der Waals surface area (Å²) in [6.45, 7) is 10.6. The number of aryl methyl sites for hydroxylation is 2. The Morgan fingerprint density at radius 2 is 1.35 bits per heavy atom. The third-order valence-electron chi connectivity index (χ3n) is 3.59. The third-order valence-corrected chi connectivity index (χ3v) is 3.59. The molecule has 0 aromatic heterocycles. The summed E-state index contributed by atoms with van der Waals surface area (Å²) in [7, 11) is 0. The minimum atomic E-state index is 0.604. The van der Waals surface area contributed by atoms with Gasteiger partial charge in [-0.3, -0.25) is 0 Å². The van der Waals surface area contributed by atoms with Gasteiger partial charge in [0.25, 0.3) is 0 Å². The summed E-state index contributed by atoms with van der Waals surface area (Å²) in [5, 5.41) is 3.52. The van der Waals surface area contributed by atoms with Crippen molar-refractivity contribution in [3.8, 4) is 0 Å². The Bertz CT molecular complexity index is 532. The van der Waals surface area contributed by atoms with E-state index in [1.54, 1.807) is 0 Å². The van der Waals surface area contributed by atoms with E-state index in [1.807, 2.05) is 0 Å². The molecular weight excluding hydrogens is 242 g/mol. The van der Waals surface area contributed by atoms with E-state index in [4.69, 9.17) is 0 Å². The largest absolute Gasteiger partial charge is 0.309 e. The van der Waals surface area contributed by atoms with Crippen LogP contribution in [0.25, 0.3) is 0 Å². The molecule has 0 unspecified atom stereocenters. The molecule has 0 spiro atoms. The van der Waals surface area contributed by atoms with E-state index in [1.165, 1.54) is 27.8 Å². The molecule has 0 heterocycles. The molecule has 0 aliphatic heterocycles. The number of rotatable bonds is 5. The van der Waals surface area contributed by atoms with Gasteiger partial charge in [-0.1, -0.05) is 67.4 Å². The molecular formula is C19H25N. The normalized spacial score (nSPS) is 11.1. The van der Waals surface area contributed by atoms with Crippen LogP contribution in [0.2, 0.25) is 0 Å². The highest BCUT2D eigenvalue weighted by Gasteiger charge is 2.00. The Hall–Kier alpha value is -1.60. The van der Waals surface area contributed by atoms with Crippen molar-refractivity contribution < 1.29 is 0 Å². The molecule has 106 valence electrons. The topological polar surface area (TPSA) is 12.0 Å². The van der Waals surface area contributed by atoms with E-state index in [-0.39, 0.29) is 0 Å². The smallest absolute Gasteiger partial charge is 0.0208 e. The lowest BCUT2D eigenvalue weighted by Gasteiger charge is -2.09. The van der Waals surface area contributed by atoms with E-state index in [9.17, 15) is 0 Å². The first kappa shape index (κ1) is 14.8. The molecule has 0 saturated carbocycles. The van der Waals surface area contributed by atoms with Crippen molar-refractivity contribution in [2.75, 3.05) is 0 Å². The van der Waals surface area contributed by atoms with E-state index in [0.29, 0.717) is 5.92 Å². The highest BCUT2D eigenvalue weighted by Crippen LogP contribution is 2.15. The second-order valence-corrected chi connectivity index (χ2v) is 6.00. The second kappa shape index (κ2) is 6.71. The molecule has 0 aliphatic rings. The van der Waals surface area contributed by atoms with Gasteiger partial charge in [-0.2, -0.15) is 0 Å². The van der Waals surface area contributed by atoms with Crippen molar-refractivity contribution in [1.29, 1.82) is 0 Å². The molecule has 0 fully saturated rings. The van der Waals surface area contributed by atoms with Gasteiger partial charge >= 0.3 is 0 Å². The maximum atomic E-state index is 3.52. The molecule has 0 saturated heterocycles. The van der Waals surface area contributed by atoms with Gasteiger partial charge in [0, 0.05) is 13.1 Å². The van der Waals surface area contributed by atoms with E-state index >= 15 is 0 Å². The first-order valence-corrected chi connectivity index (χ1v) is 7.41. The van der Waals surface area contributed by atoms with Gasteiger partial charge in [0.1, 0.15) is 0 Å². The molecule has 1 heteroatoms. The average molecular weight is 267 g/mol. The SMILES string of the molecule is Cc1cc(C)cc(CNCc2ccc(C(C)C)cc2)c1. The molecule has 0 amide bonds. The van der Waals surface area contributed by atoms with Gasteiger partial charge in [-0.25, -0.2) is 0 Å². The molecule has 0 bridgehead atoms. The van der Waals surface area contributed by atoms with Crippen molar-refractivity contribution in [3.63, 3.8) is 0 Å².